The van der Waals surface area contributed by atoms with Gasteiger partial charge in [-0.05, 0) is 41.3 Å². The molecule has 2 rings (SSSR count). The fourth-order valence-corrected chi connectivity index (χ4v) is 4.41. The van der Waals surface area contributed by atoms with Crippen LogP contribution in [0.4, 0.5) is 0 Å². The van der Waals surface area contributed by atoms with Crippen molar-refractivity contribution in [3.05, 3.63) is 57.6 Å². The van der Waals surface area contributed by atoms with Crippen molar-refractivity contribution < 1.29 is 17.9 Å². The molecule has 1 N–H and O–H groups in total. The van der Waals surface area contributed by atoms with Crippen LogP contribution in [0.5, 0.6) is 5.75 Å². The van der Waals surface area contributed by atoms with Crippen molar-refractivity contribution in [3.8, 4) is 5.75 Å². The smallest absolute Gasteiger partial charge is 0.246 e. The van der Waals surface area contributed by atoms with Crippen molar-refractivity contribution in [1.29, 1.82) is 0 Å². The van der Waals surface area contributed by atoms with Crippen LogP contribution in [0.3, 0.4) is 0 Å². The monoisotopic (exact) mass is 458 g/mol. The highest BCUT2D eigenvalue weighted by Crippen LogP contribution is 2.30. The number of nitrogens with one attached hydrogen (secondary N) is 1. The van der Waals surface area contributed by atoms with Gasteiger partial charge in [0.05, 0.1) is 13.7 Å². The van der Waals surface area contributed by atoms with Crippen LogP contribution < -0.4 is 10.1 Å². The Bertz CT molecular complexity index is 994. The number of rotatable bonds is 8. The number of hydrogen-bond donors (Lipinski definition) is 1. The minimum atomic E-state index is -3.93. The van der Waals surface area contributed by atoms with Crippen LogP contribution in [0.15, 0.2) is 41.3 Å². The van der Waals surface area contributed by atoms with Gasteiger partial charge in [0.25, 0.3) is 0 Å². The molecule has 9 heteroatoms. The molecular weight excluding hydrogens is 435 g/mol. The van der Waals surface area contributed by atoms with Crippen LogP contribution in [0.2, 0.25) is 10.0 Å². The minimum absolute atomic E-state index is 0.0299. The zero-order valence-electron chi connectivity index (χ0n) is 16.7. The third-order valence-electron chi connectivity index (χ3n) is 4.40. The van der Waals surface area contributed by atoms with Gasteiger partial charge in [0.1, 0.15) is 10.6 Å². The van der Waals surface area contributed by atoms with Gasteiger partial charge in [0, 0.05) is 23.6 Å². The highest BCUT2D eigenvalue weighted by atomic mass is 35.5. The third kappa shape index (κ3) is 5.85. The van der Waals surface area contributed by atoms with Gasteiger partial charge >= 0.3 is 0 Å². The maximum atomic E-state index is 13.0. The van der Waals surface area contributed by atoms with Crippen LogP contribution in [0, 0.1) is 0 Å². The lowest BCUT2D eigenvalue weighted by Gasteiger charge is -2.20. The summed E-state index contributed by atoms with van der Waals surface area (Å²) >= 11 is 11.9. The Balaban J connectivity index is 2.13. The Morgan fingerprint density at radius 2 is 1.86 bits per heavy atom. The molecule has 0 heterocycles. The number of nitrogens with zero attached hydrogens (tertiary/aromatic N) is 1. The molecular formula is C20H24Cl2N2O4S. The van der Waals surface area contributed by atoms with Crippen LogP contribution in [0.1, 0.15) is 30.9 Å². The summed E-state index contributed by atoms with van der Waals surface area (Å²) in [5, 5.41) is 3.59. The van der Waals surface area contributed by atoms with Crippen molar-refractivity contribution in [2.24, 2.45) is 0 Å². The minimum Gasteiger partial charge on any atom is -0.495 e. The number of hydrogen-bond acceptors (Lipinski definition) is 4. The molecule has 0 aliphatic carbocycles. The topological polar surface area (TPSA) is 75.7 Å². The van der Waals surface area contributed by atoms with Crippen molar-refractivity contribution in [3.63, 3.8) is 0 Å². The van der Waals surface area contributed by atoms with Gasteiger partial charge in [-0.15, -0.1) is 0 Å². The molecule has 2 aromatic carbocycles. The van der Waals surface area contributed by atoms with E-state index >= 15 is 0 Å². The van der Waals surface area contributed by atoms with Crippen LogP contribution in [-0.2, 0) is 21.4 Å². The molecule has 0 spiro atoms. The number of carbonyl (C=O) groups is 1. The molecule has 158 valence electrons. The molecule has 0 saturated carbocycles. The van der Waals surface area contributed by atoms with Gasteiger partial charge in [0.15, 0.2) is 0 Å². The maximum Gasteiger partial charge on any atom is 0.246 e. The summed E-state index contributed by atoms with van der Waals surface area (Å²) in [7, 11) is -1.16. The predicted molar refractivity (Wildman–Crippen MR) is 115 cm³/mol. The second-order valence-electron chi connectivity index (χ2n) is 6.84. The first kappa shape index (κ1) is 23.5. The van der Waals surface area contributed by atoms with Crippen molar-refractivity contribution >= 4 is 39.1 Å². The number of carbonyl (C=O) groups excluding carboxylic acids is 1. The number of likely N-dealkylation sites (N-methyl/N-ethyl adjacent to an activating group) is 1. The van der Waals surface area contributed by atoms with Crippen molar-refractivity contribution in [2.45, 2.75) is 31.2 Å². The van der Waals surface area contributed by atoms with Crippen LogP contribution >= 0.6 is 23.2 Å². The highest BCUT2D eigenvalue weighted by Gasteiger charge is 2.27. The molecule has 0 atom stereocenters. The summed E-state index contributed by atoms with van der Waals surface area (Å²) in [6.45, 7) is 3.76. The molecule has 0 saturated heterocycles. The number of sulfonamides is 1. The van der Waals surface area contributed by atoms with Crippen LogP contribution in [-0.4, -0.2) is 39.3 Å². The summed E-state index contributed by atoms with van der Waals surface area (Å²) in [6, 6.07) is 9.98. The zero-order valence-corrected chi connectivity index (χ0v) is 19.0. The van der Waals surface area contributed by atoms with Gasteiger partial charge in [-0.25, -0.2) is 8.42 Å². The Kier molecular flexibility index (Phi) is 7.94. The van der Waals surface area contributed by atoms with E-state index in [9.17, 15) is 13.2 Å². The Morgan fingerprint density at radius 1 is 1.17 bits per heavy atom. The largest absolute Gasteiger partial charge is 0.495 e. The van der Waals surface area contributed by atoms with E-state index < -0.39 is 15.9 Å². The fraction of sp³-hybridized carbons (Fsp3) is 0.350. The van der Waals surface area contributed by atoms with E-state index in [0.29, 0.717) is 15.6 Å². The van der Waals surface area contributed by atoms with Gasteiger partial charge in [-0.3, -0.25) is 4.79 Å². The van der Waals surface area contributed by atoms with E-state index in [-0.39, 0.29) is 29.7 Å². The van der Waals surface area contributed by atoms with Crippen molar-refractivity contribution in [1.82, 2.24) is 9.62 Å². The summed E-state index contributed by atoms with van der Waals surface area (Å²) in [5.74, 6) is -0.0803. The Morgan fingerprint density at radius 3 is 2.45 bits per heavy atom. The van der Waals surface area contributed by atoms with E-state index in [1.165, 1.54) is 14.2 Å². The quantitative estimate of drug-likeness (QED) is 0.646. The molecule has 2 aromatic rings. The number of halogens is 2. The first-order valence-electron chi connectivity index (χ1n) is 8.91. The summed E-state index contributed by atoms with van der Waals surface area (Å²) in [6.07, 6.45) is 0. The SMILES string of the molecule is COc1ccc(C(C)C)cc1S(=O)(=O)N(C)CC(=O)NCc1ccc(Cl)cc1Cl. The molecule has 0 aliphatic heterocycles. The molecule has 0 aliphatic rings. The maximum absolute atomic E-state index is 13.0. The predicted octanol–water partition coefficient (Wildman–Crippen LogP) is 4.06. The van der Waals surface area contributed by atoms with Gasteiger partial charge in [-0.2, -0.15) is 4.31 Å². The van der Waals surface area contributed by atoms with E-state index in [0.717, 1.165) is 9.87 Å². The van der Waals surface area contributed by atoms with E-state index in [1.807, 2.05) is 19.9 Å². The summed E-state index contributed by atoms with van der Waals surface area (Å²) < 4.78 is 32.2. The molecule has 0 radical (unpaired) electrons. The van der Waals surface area contributed by atoms with E-state index in [1.54, 1.807) is 30.3 Å². The lowest BCUT2D eigenvalue weighted by atomic mass is 10.0. The zero-order chi connectivity index (χ0) is 21.8. The van der Waals surface area contributed by atoms with Crippen molar-refractivity contribution in [2.75, 3.05) is 20.7 Å². The molecule has 0 aromatic heterocycles. The molecule has 0 bridgehead atoms. The lowest BCUT2D eigenvalue weighted by molar-refractivity contribution is -0.121. The van der Waals surface area contributed by atoms with E-state index in [2.05, 4.69) is 5.32 Å². The average molecular weight is 459 g/mol. The number of amides is 1. The summed E-state index contributed by atoms with van der Waals surface area (Å²) in [4.78, 5) is 12.3. The number of ether oxygens (including phenoxy) is 1. The first-order valence-corrected chi connectivity index (χ1v) is 11.1. The Hall–Kier alpha value is -1.80. The van der Waals surface area contributed by atoms with Crippen LogP contribution in [0.25, 0.3) is 0 Å². The van der Waals surface area contributed by atoms with Gasteiger partial charge in [-0.1, -0.05) is 49.2 Å². The molecule has 0 unspecified atom stereocenters. The average Bonchev–Trinajstić information content (AvgIpc) is 2.66. The Labute approximate surface area is 181 Å². The lowest BCUT2D eigenvalue weighted by Crippen LogP contribution is -2.38. The summed E-state index contributed by atoms with van der Waals surface area (Å²) in [5.41, 5.74) is 1.54. The molecule has 1 amide bonds. The van der Waals surface area contributed by atoms with E-state index in [4.69, 9.17) is 27.9 Å². The third-order valence-corrected chi connectivity index (χ3v) is 6.81. The van der Waals surface area contributed by atoms with Gasteiger partial charge < -0.3 is 10.1 Å². The second-order valence-corrected chi connectivity index (χ2v) is 9.70. The second kappa shape index (κ2) is 9.80. The van der Waals surface area contributed by atoms with Gasteiger partial charge in [0.2, 0.25) is 15.9 Å². The molecule has 6 nitrogen and oxygen atoms in total. The first-order chi connectivity index (χ1) is 13.6. The fourth-order valence-electron chi connectivity index (χ4n) is 2.62. The number of methoxy groups -OCH3 is 1. The number of benzene rings is 2. The molecule has 29 heavy (non-hydrogen) atoms. The highest BCUT2D eigenvalue weighted by molar-refractivity contribution is 7.89. The standard InChI is InChI=1S/C20H24Cl2N2O4S/c1-13(2)14-6-8-18(28-4)19(9-14)29(26,27)24(3)12-20(25)23-11-15-5-7-16(21)10-17(15)22/h5-10,13H,11-12H2,1-4H3,(H,23,25). The molecule has 0 fully saturated rings. The normalized spacial score (nSPS) is 11.7.